The molecule has 0 aliphatic heterocycles. The molecule has 0 fully saturated rings. The van der Waals surface area contributed by atoms with Crippen molar-refractivity contribution in [2.45, 2.75) is 6.42 Å². The molecule has 0 unspecified atom stereocenters. The van der Waals surface area contributed by atoms with E-state index in [4.69, 9.17) is 11.6 Å². The number of pyridine rings is 1. The molecule has 0 spiro atoms. The molecular formula is C11H11ClN4O2S. The van der Waals surface area contributed by atoms with Crippen molar-refractivity contribution < 1.29 is 8.42 Å². The van der Waals surface area contributed by atoms with Gasteiger partial charge in [0.25, 0.3) is 0 Å². The maximum Gasteiger partial charge on any atom is 0.234 e. The molecule has 0 aliphatic carbocycles. The van der Waals surface area contributed by atoms with E-state index in [1.807, 2.05) is 0 Å². The molecule has 0 amide bonds. The molecule has 0 bridgehead atoms. The van der Waals surface area contributed by atoms with Crippen molar-refractivity contribution in [3.05, 3.63) is 47.4 Å². The van der Waals surface area contributed by atoms with Crippen molar-refractivity contribution in [3.63, 3.8) is 0 Å². The zero-order valence-corrected chi connectivity index (χ0v) is 11.4. The third-order valence-electron chi connectivity index (χ3n) is 2.30. The molecule has 1 N–H and O–H groups in total. The maximum absolute atomic E-state index is 11.8. The number of nitrogens with one attached hydrogen (secondary N) is 1. The van der Waals surface area contributed by atoms with Gasteiger partial charge in [-0.15, -0.1) is 10.2 Å². The fourth-order valence-electron chi connectivity index (χ4n) is 1.38. The summed E-state index contributed by atoms with van der Waals surface area (Å²) in [6.07, 6.45) is 3.65. The fourth-order valence-corrected chi connectivity index (χ4v) is 2.52. The van der Waals surface area contributed by atoms with Crippen LogP contribution in [0.2, 0.25) is 5.15 Å². The smallest absolute Gasteiger partial charge is 0.234 e. The molecule has 6 nitrogen and oxygen atoms in total. The average molecular weight is 299 g/mol. The van der Waals surface area contributed by atoms with Gasteiger partial charge >= 0.3 is 0 Å². The van der Waals surface area contributed by atoms with Gasteiger partial charge < -0.3 is 0 Å². The van der Waals surface area contributed by atoms with Crippen molar-refractivity contribution in [2.75, 3.05) is 10.5 Å². The van der Waals surface area contributed by atoms with Gasteiger partial charge in [0.1, 0.15) is 0 Å². The van der Waals surface area contributed by atoms with Gasteiger partial charge in [-0.05, 0) is 36.2 Å². The Labute approximate surface area is 115 Å². The van der Waals surface area contributed by atoms with Gasteiger partial charge in [0.2, 0.25) is 10.0 Å². The number of hydrogen-bond acceptors (Lipinski definition) is 5. The van der Waals surface area contributed by atoms with Gasteiger partial charge in [-0.25, -0.2) is 8.42 Å². The fraction of sp³-hybridized carbons (Fsp3) is 0.182. The lowest BCUT2D eigenvalue weighted by Gasteiger charge is -2.06. The van der Waals surface area contributed by atoms with Crippen LogP contribution in [-0.2, 0) is 16.4 Å². The van der Waals surface area contributed by atoms with E-state index in [9.17, 15) is 8.42 Å². The minimum Gasteiger partial charge on any atom is -0.266 e. The standard InChI is InChI=1S/C11H11ClN4O2S/c12-10-1-2-11(15-14-10)16-19(17,18)8-5-9-3-6-13-7-4-9/h1-4,6-7H,5,8H2,(H,15,16). The van der Waals surface area contributed by atoms with E-state index in [0.29, 0.717) is 6.42 Å². The Balaban J connectivity index is 1.97. The molecule has 2 rings (SSSR count). The summed E-state index contributed by atoms with van der Waals surface area (Å²) in [4.78, 5) is 3.87. The van der Waals surface area contributed by atoms with Gasteiger partial charge in [-0.2, -0.15) is 0 Å². The average Bonchev–Trinajstić information content (AvgIpc) is 2.40. The topological polar surface area (TPSA) is 84.8 Å². The summed E-state index contributed by atoms with van der Waals surface area (Å²) in [7, 11) is -3.46. The van der Waals surface area contributed by atoms with E-state index >= 15 is 0 Å². The van der Waals surface area contributed by atoms with E-state index in [1.54, 1.807) is 24.5 Å². The van der Waals surface area contributed by atoms with Crippen LogP contribution in [0, 0.1) is 0 Å². The summed E-state index contributed by atoms with van der Waals surface area (Å²) in [6, 6.07) is 6.48. The van der Waals surface area contributed by atoms with Crippen LogP contribution < -0.4 is 4.72 Å². The van der Waals surface area contributed by atoms with Crippen molar-refractivity contribution >= 4 is 27.4 Å². The highest BCUT2D eigenvalue weighted by Gasteiger charge is 2.11. The Morgan fingerprint density at radius 2 is 1.84 bits per heavy atom. The van der Waals surface area contributed by atoms with Gasteiger partial charge in [0, 0.05) is 12.4 Å². The van der Waals surface area contributed by atoms with Crippen LogP contribution in [0.4, 0.5) is 5.82 Å². The van der Waals surface area contributed by atoms with Crippen LogP contribution in [0.5, 0.6) is 0 Å². The quantitative estimate of drug-likeness (QED) is 0.904. The molecule has 0 saturated carbocycles. The van der Waals surface area contributed by atoms with E-state index in [0.717, 1.165) is 5.56 Å². The molecule has 19 heavy (non-hydrogen) atoms. The first kappa shape index (κ1) is 13.7. The Morgan fingerprint density at radius 1 is 1.11 bits per heavy atom. The van der Waals surface area contributed by atoms with Crippen LogP contribution in [0.1, 0.15) is 5.56 Å². The number of hydrogen-bond donors (Lipinski definition) is 1. The minimum atomic E-state index is -3.46. The highest BCUT2D eigenvalue weighted by molar-refractivity contribution is 7.92. The molecule has 0 saturated heterocycles. The van der Waals surface area contributed by atoms with Crippen LogP contribution in [0.15, 0.2) is 36.7 Å². The highest BCUT2D eigenvalue weighted by atomic mass is 35.5. The Bertz CT molecular complexity index is 632. The zero-order valence-electron chi connectivity index (χ0n) is 9.82. The summed E-state index contributed by atoms with van der Waals surface area (Å²) in [5.41, 5.74) is 0.905. The lowest BCUT2D eigenvalue weighted by atomic mass is 10.2. The van der Waals surface area contributed by atoms with Crippen LogP contribution in [0.25, 0.3) is 0 Å². The van der Waals surface area contributed by atoms with E-state index in [-0.39, 0.29) is 16.7 Å². The molecular weight excluding hydrogens is 288 g/mol. The third kappa shape index (κ3) is 4.46. The second-order valence-corrected chi connectivity index (χ2v) is 6.00. The minimum absolute atomic E-state index is 0.0404. The predicted octanol–water partition coefficient (Wildman–Crippen LogP) is 1.51. The molecule has 2 aromatic rings. The first-order valence-corrected chi connectivity index (χ1v) is 7.47. The number of nitrogens with zero attached hydrogens (tertiary/aromatic N) is 3. The molecule has 0 aromatic carbocycles. The zero-order chi connectivity index (χ0) is 13.7. The van der Waals surface area contributed by atoms with E-state index < -0.39 is 10.0 Å². The lowest BCUT2D eigenvalue weighted by molar-refractivity contribution is 0.600. The van der Waals surface area contributed by atoms with Crippen molar-refractivity contribution in [2.24, 2.45) is 0 Å². The van der Waals surface area contributed by atoms with Crippen molar-refractivity contribution in [1.82, 2.24) is 15.2 Å². The molecule has 0 radical (unpaired) electrons. The van der Waals surface area contributed by atoms with Crippen LogP contribution in [0.3, 0.4) is 0 Å². The summed E-state index contributed by atoms with van der Waals surface area (Å²) in [6.45, 7) is 0. The number of aromatic nitrogens is 3. The van der Waals surface area contributed by atoms with Gasteiger partial charge in [-0.1, -0.05) is 11.6 Å². The molecule has 0 aliphatic rings. The van der Waals surface area contributed by atoms with Gasteiger partial charge in [0.15, 0.2) is 11.0 Å². The van der Waals surface area contributed by atoms with Gasteiger partial charge in [0.05, 0.1) is 5.75 Å². The largest absolute Gasteiger partial charge is 0.266 e. The van der Waals surface area contributed by atoms with Gasteiger partial charge in [-0.3, -0.25) is 9.71 Å². The molecule has 8 heteroatoms. The number of rotatable bonds is 5. The number of sulfonamides is 1. The van der Waals surface area contributed by atoms with E-state index in [1.165, 1.54) is 12.1 Å². The predicted molar refractivity (Wildman–Crippen MR) is 72.4 cm³/mol. The third-order valence-corrected chi connectivity index (χ3v) is 3.76. The Morgan fingerprint density at radius 3 is 2.47 bits per heavy atom. The normalized spacial score (nSPS) is 11.2. The summed E-state index contributed by atoms with van der Waals surface area (Å²) >= 11 is 5.57. The molecule has 2 aromatic heterocycles. The van der Waals surface area contributed by atoms with Crippen LogP contribution >= 0.6 is 11.6 Å². The number of anilines is 1. The van der Waals surface area contributed by atoms with E-state index in [2.05, 4.69) is 19.9 Å². The summed E-state index contributed by atoms with van der Waals surface area (Å²) in [5, 5.41) is 7.41. The molecule has 100 valence electrons. The first-order chi connectivity index (χ1) is 9.05. The molecule has 2 heterocycles. The highest BCUT2D eigenvalue weighted by Crippen LogP contribution is 2.09. The SMILES string of the molecule is O=S(=O)(CCc1ccncc1)Nc1ccc(Cl)nn1. The Kier molecular flexibility index (Phi) is 4.28. The van der Waals surface area contributed by atoms with Crippen molar-refractivity contribution in [3.8, 4) is 0 Å². The molecule has 0 atom stereocenters. The first-order valence-electron chi connectivity index (χ1n) is 5.44. The second kappa shape index (κ2) is 5.94. The number of halogens is 1. The van der Waals surface area contributed by atoms with Crippen LogP contribution in [-0.4, -0.2) is 29.4 Å². The second-order valence-electron chi connectivity index (χ2n) is 3.77. The number of aryl methyl sites for hydroxylation is 1. The Hall–Kier alpha value is -1.73. The van der Waals surface area contributed by atoms with Crippen molar-refractivity contribution in [1.29, 1.82) is 0 Å². The lowest BCUT2D eigenvalue weighted by Crippen LogP contribution is -2.19. The maximum atomic E-state index is 11.8. The monoisotopic (exact) mass is 298 g/mol. The summed E-state index contributed by atoms with van der Waals surface area (Å²) < 4.78 is 26.0. The summed E-state index contributed by atoms with van der Waals surface area (Å²) in [5.74, 6) is 0.112.